The first kappa shape index (κ1) is 18.9. The van der Waals surface area contributed by atoms with E-state index < -0.39 is 12.0 Å². The highest BCUT2D eigenvalue weighted by Crippen LogP contribution is 2.40. The summed E-state index contributed by atoms with van der Waals surface area (Å²) in [5, 5.41) is 20.0. The average molecular weight is 381 g/mol. The van der Waals surface area contributed by atoms with E-state index in [0.717, 1.165) is 65.9 Å². The number of aliphatic hydroxyl groups is 1. The van der Waals surface area contributed by atoms with E-state index in [0.29, 0.717) is 12.1 Å². The molecule has 2 aromatic rings. The van der Waals surface area contributed by atoms with Crippen LogP contribution in [0.3, 0.4) is 0 Å². The SMILES string of the molecule is COc1cc(C)ccc1-c1nnc([C@H](O)[C@H]2CCCN(C)C2=O)c2c1CCC2. The fourth-order valence-electron chi connectivity index (χ4n) is 4.51. The van der Waals surface area contributed by atoms with Gasteiger partial charge in [-0.1, -0.05) is 6.07 Å². The second-order valence-corrected chi connectivity index (χ2v) is 7.90. The summed E-state index contributed by atoms with van der Waals surface area (Å²) in [6.45, 7) is 2.78. The van der Waals surface area contributed by atoms with Crippen LogP contribution in [0.1, 0.15) is 47.8 Å². The van der Waals surface area contributed by atoms with E-state index in [1.807, 2.05) is 25.1 Å². The predicted octanol–water partition coefficient (Wildman–Crippen LogP) is 2.85. The lowest BCUT2D eigenvalue weighted by atomic mass is 9.87. The number of aliphatic hydroxyl groups excluding tert-OH is 1. The largest absolute Gasteiger partial charge is 0.496 e. The Hall–Kier alpha value is -2.47. The lowest BCUT2D eigenvalue weighted by molar-refractivity contribution is -0.141. The van der Waals surface area contributed by atoms with Gasteiger partial charge in [0.15, 0.2) is 0 Å². The molecule has 1 aliphatic heterocycles. The molecule has 6 heteroatoms. The lowest BCUT2D eigenvalue weighted by Crippen LogP contribution is -2.41. The molecule has 2 heterocycles. The van der Waals surface area contributed by atoms with Crippen LogP contribution >= 0.6 is 0 Å². The van der Waals surface area contributed by atoms with Gasteiger partial charge in [0.25, 0.3) is 0 Å². The molecule has 1 aromatic heterocycles. The molecule has 1 aromatic carbocycles. The van der Waals surface area contributed by atoms with Gasteiger partial charge in [-0.15, -0.1) is 5.10 Å². The smallest absolute Gasteiger partial charge is 0.228 e. The Labute approximate surface area is 165 Å². The normalized spacial score (nSPS) is 20.2. The first-order chi connectivity index (χ1) is 13.5. The number of piperidine rings is 1. The van der Waals surface area contributed by atoms with Crippen LogP contribution in [-0.4, -0.2) is 46.8 Å². The maximum atomic E-state index is 12.5. The molecule has 0 bridgehead atoms. The monoisotopic (exact) mass is 381 g/mol. The summed E-state index contributed by atoms with van der Waals surface area (Å²) in [6.07, 6.45) is 3.45. The third kappa shape index (κ3) is 3.15. The lowest BCUT2D eigenvalue weighted by Gasteiger charge is -2.32. The molecule has 6 nitrogen and oxygen atoms in total. The van der Waals surface area contributed by atoms with Crippen molar-refractivity contribution < 1.29 is 14.6 Å². The molecule has 28 heavy (non-hydrogen) atoms. The van der Waals surface area contributed by atoms with E-state index in [2.05, 4.69) is 10.2 Å². The van der Waals surface area contributed by atoms with E-state index in [4.69, 9.17) is 4.74 Å². The van der Waals surface area contributed by atoms with Crippen molar-refractivity contribution in [3.05, 3.63) is 40.6 Å². The Morgan fingerprint density at radius 3 is 2.79 bits per heavy atom. The van der Waals surface area contributed by atoms with Gasteiger partial charge in [-0.2, -0.15) is 5.10 Å². The molecule has 4 rings (SSSR count). The topological polar surface area (TPSA) is 75.6 Å². The minimum Gasteiger partial charge on any atom is -0.496 e. The van der Waals surface area contributed by atoms with Crippen molar-refractivity contribution in [3.8, 4) is 17.0 Å². The van der Waals surface area contributed by atoms with Crippen LogP contribution in [0.25, 0.3) is 11.3 Å². The number of methoxy groups -OCH3 is 1. The quantitative estimate of drug-likeness (QED) is 0.881. The molecule has 1 aliphatic carbocycles. The van der Waals surface area contributed by atoms with Crippen LogP contribution < -0.4 is 4.74 Å². The number of aryl methyl sites for hydroxylation is 1. The average Bonchev–Trinajstić information content (AvgIpc) is 3.19. The second kappa shape index (κ2) is 7.51. The highest BCUT2D eigenvalue weighted by Gasteiger charge is 2.36. The van der Waals surface area contributed by atoms with E-state index in [-0.39, 0.29) is 5.91 Å². The fraction of sp³-hybridized carbons (Fsp3) is 0.500. The zero-order chi connectivity index (χ0) is 19.8. The van der Waals surface area contributed by atoms with Gasteiger partial charge in [0.05, 0.1) is 18.7 Å². The predicted molar refractivity (Wildman–Crippen MR) is 106 cm³/mol. The molecule has 1 fully saturated rings. The molecular formula is C22H27N3O3. The molecule has 148 valence electrons. The van der Waals surface area contributed by atoms with Gasteiger partial charge in [-0.05, 0) is 67.9 Å². The third-order valence-electron chi connectivity index (χ3n) is 6.05. The van der Waals surface area contributed by atoms with Crippen LogP contribution in [-0.2, 0) is 17.6 Å². The summed E-state index contributed by atoms with van der Waals surface area (Å²) in [4.78, 5) is 14.3. The number of amides is 1. The zero-order valence-electron chi connectivity index (χ0n) is 16.7. The number of ether oxygens (including phenoxy) is 1. The number of likely N-dealkylation sites (tertiary alicyclic amines) is 1. The van der Waals surface area contributed by atoms with Gasteiger partial charge in [0.1, 0.15) is 17.5 Å². The molecule has 0 radical (unpaired) electrons. The number of benzene rings is 1. The Kier molecular flexibility index (Phi) is 5.06. The maximum Gasteiger partial charge on any atom is 0.228 e. The van der Waals surface area contributed by atoms with Crippen LogP contribution in [0.4, 0.5) is 0 Å². The van der Waals surface area contributed by atoms with E-state index >= 15 is 0 Å². The van der Waals surface area contributed by atoms with Crippen LogP contribution in [0.2, 0.25) is 0 Å². The zero-order valence-corrected chi connectivity index (χ0v) is 16.7. The number of aromatic nitrogens is 2. The van der Waals surface area contributed by atoms with Gasteiger partial charge in [-0.3, -0.25) is 4.79 Å². The summed E-state index contributed by atoms with van der Waals surface area (Å²) in [5.74, 6) is 0.342. The highest BCUT2D eigenvalue weighted by molar-refractivity contribution is 5.80. The molecule has 2 aliphatic rings. The molecule has 1 saturated heterocycles. The van der Waals surface area contributed by atoms with Crippen molar-refractivity contribution in [2.45, 2.75) is 45.1 Å². The number of fused-ring (bicyclic) bond motifs is 1. The Bertz CT molecular complexity index is 912. The van der Waals surface area contributed by atoms with Crippen molar-refractivity contribution in [2.75, 3.05) is 20.7 Å². The van der Waals surface area contributed by atoms with Crippen LogP contribution in [0.15, 0.2) is 18.2 Å². The summed E-state index contributed by atoms with van der Waals surface area (Å²) in [5.41, 5.74) is 5.64. The van der Waals surface area contributed by atoms with Crippen molar-refractivity contribution in [1.29, 1.82) is 0 Å². The second-order valence-electron chi connectivity index (χ2n) is 7.90. The molecule has 1 amide bonds. The van der Waals surface area contributed by atoms with Crippen molar-refractivity contribution >= 4 is 5.91 Å². The van der Waals surface area contributed by atoms with Gasteiger partial charge in [0.2, 0.25) is 5.91 Å². The Balaban J connectivity index is 1.75. The molecular weight excluding hydrogens is 354 g/mol. The molecule has 0 saturated carbocycles. The summed E-state index contributed by atoms with van der Waals surface area (Å²) >= 11 is 0. The number of hydrogen-bond acceptors (Lipinski definition) is 5. The number of rotatable bonds is 4. The van der Waals surface area contributed by atoms with Gasteiger partial charge >= 0.3 is 0 Å². The Morgan fingerprint density at radius 1 is 1.21 bits per heavy atom. The summed E-state index contributed by atoms with van der Waals surface area (Å²) in [6, 6.07) is 6.06. The van der Waals surface area contributed by atoms with Crippen LogP contribution in [0, 0.1) is 12.8 Å². The Morgan fingerprint density at radius 2 is 2.00 bits per heavy atom. The van der Waals surface area contributed by atoms with Gasteiger partial charge < -0.3 is 14.7 Å². The number of hydrogen-bond donors (Lipinski definition) is 1. The van der Waals surface area contributed by atoms with Gasteiger partial charge in [-0.25, -0.2) is 0 Å². The van der Waals surface area contributed by atoms with E-state index in [1.165, 1.54) is 0 Å². The number of nitrogens with zero attached hydrogens (tertiary/aromatic N) is 3. The third-order valence-corrected chi connectivity index (χ3v) is 6.05. The van der Waals surface area contributed by atoms with Crippen molar-refractivity contribution in [1.82, 2.24) is 15.1 Å². The van der Waals surface area contributed by atoms with E-state index in [9.17, 15) is 9.90 Å². The minimum atomic E-state index is -0.899. The van der Waals surface area contributed by atoms with Crippen LogP contribution in [0.5, 0.6) is 5.75 Å². The van der Waals surface area contributed by atoms with Crippen molar-refractivity contribution in [3.63, 3.8) is 0 Å². The molecule has 0 unspecified atom stereocenters. The molecule has 0 spiro atoms. The molecule has 1 N–H and O–H groups in total. The van der Waals surface area contributed by atoms with E-state index in [1.54, 1.807) is 19.1 Å². The number of carbonyl (C=O) groups excluding carboxylic acids is 1. The summed E-state index contributed by atoms with van der Waals surface area (Å²) < 4.78 is 5.57. The first-order valence-electron chi connectivity index (χ1n) is 9.97. The van der Waals surface area contributed by atoms with Crippen molar-refractivity contribution in [2.24, 2.45) is 5.92 Å². The summed E-state index contributed by atoms with van der Waals surface area (Å²) in [7, 11) is 3.46. The highest BCUT2D eigenvalue weighted by atomic mass is 16.5. The minimum absolute atomic E-state index is 0.00317. The van der Waals surface area contributed by atoms with Gasteiger partial charge in [0, 0.05) is 19.2 Å². The molecule has 2 atom stereocenters. The maximum absolute atomic E-state index is 12.5. The fourth-order valence-corrected chi connectivity index (χ4v) is 4.51. The number of carbonyl (C=O) groups is 1. The first-order valence-corrected chi connectivity index (χ1v) is 9.97. The standard InChI is InChI=1S/C22H27N3O3/c1-13-9-10-16(18(12-13)28-3)19-14-6-4-7-15(14)20(24-23-19)21(26)17-8-5-11-25(2)22(17)27/h9-10,12,17,21,26H,4-8,11H2,1-3H3/t17-,21-/m1/s1.